The second kappa shape index (κ2) is 7.15. The summed E-state index contributed by atoms with van der Waals surface area (Å²) in [7, 11) is 0. The van der Waals surface area contributed by atoms with Gasteiger partial charge in [-0.1, -0.05) is 23.7 Å². The number of carboxylic acids is 1. The Morgan fingerprint density at radius 2 is 1.96 bits per heavy atom. The van der Waals surface area contributed by atoms with E-state index < -0.39 is 5.97 Å². The maximum Gasteiger partial charge on any atom is 0.335 e. The van der Waals surface area contributed by atoms with Crippen LogP contribution in [0.25, 0.3) is 11.5 Å². The van der Waals surface area contributed by atoms with Gasteiger partial charge in [-0.05, 0) is 52.2 Å². The highest BCUT2D eigenvalue weighted by atomic mass is 79.9. The van der Waals surface area contributed by atoms with Crippen LogP contribution < -0.4 is 0 Å². The van der Waals surface area contributed by atoms with Crippen molar-refractivity contribution >= 4 is 33.5 Å². The second-order valence-corrected chi connectivity index (χ2v) is 6.42. The third-order valence-corrected chi connectivity index (χ3v) is 4.47. The third-order valence-electron chi connectivity index (χ3n) is 3.58. The van der Waals surface area contributed by atoms with Crippen LogP contribution in [0.2, 0.25) is 5.02 Å². The topological polar surface area (TPSA) is 68.0 Å². The Balaban J connectivity index is 1.87. The zero-order chi connectivity index (χ0) is 17.1. The minimum atomic E-state index is -0.989. The first-order valence-electron chi connectivity index (χ1n) is 7.20. The zero-order valence-electron chi connectivity index (χ0n) is 12.5. The minimum absolute atomic E-state index is 0.184. The van der Waals surface area contributed by atoms with E-state index >= 15 is 0 Å². The number of carboxylic acid groups (broad SMARTS) is 1. The van der Waals surface area contributed by atoms with Crippen molar-refractivity contribution < 1.29 is 9.90 Å². The number of aromatic nitrogens is 3. The predicted octanol–water partition coefficient (Wildman–Crippen LogP) is 4.30. The molecule has 2 heterocycles. The second-order valence-electron chi connectivity index (χ2n) is 5.17. The highest BCUT2D eigenvalue weighted by Crippen LogP contribution is 2.23. The molecule has 3 aromatic rings. The molecule has 1 N–H and O–H groups in total. The standard InChI is InChI=1S/C17H13BrClN3O2/c18-15-10-21-16(14-9-12(17(23)24)5-7-20-14)22(15)8-6-11-1-3-13(19)4-2-11/h1-5,7,9-10H,6,8H2,(H,23,24). The van der Waals surface area contributed by atoms with E-state index in [1.54, 1.807) is 6.20 Å². The summed E-state index contributed by atoms with van der Waals surface area (Å²) in [6.07, 6.45) is 3.95. The van der Waals surface area contributed by atoms with Gasteiger partial charge in [0.25, 0.3) is 0 Å². The van der Waals surface area contributed by atoms with Crippen LogP contribution in [-0.2, 0) is 13.0 Å². The van der Waals surface area contributed by atoms with Gasteiger partial charge in [-0.2, -0.15) is 0 Å². The summed E-state index contributed by atoms with van der Waals surface area (Å²) in [6, 6.07) is 10.7. The lowest BCUT2D eigenvalue weighted by atomic mass is 10.1. The zero-order valence-corrected chi connectivity index (χ0v) is 14.8. The Morgan fingerprint density at radius 3 is 2.67 bits per heavy atom. The first-order valence-corrected chi connectivity index (χ1v) is 8.37. The summed E-state index contributed by atoms with van der Waals surface area (Å²) < 4.78 is 2.77. The molecule has 0 aliphatic heterocycles. The van der Waals surface area contributed by atoms with Crippen LogP contribution in [0.1, 0.15) is 15.9 Å². The fraction of sp³-hybridized carbons (Fsp3) is 0.118. The van der Waals surface area contributed by atoms with Crippen molar-refractivity contribution in [2.24, 2.45) is 0 Å². The number of hydrogen-bond acceptors (Lipinski definition) is 3. The molecule has 0 aliphatic carbocycles. The van der Waals surface area contributed by atoms with Crippen LogP contribution in [0.3, 0.4) is 0 Å². The number of aryl methyl sites for hydroxylation is 1. The van der Waals surface area contributed by atoms with Crippen molar-refractivity contribution in [2.45, 2.75) is 13.0 Å². The monoisotopic (exact) mass is 405 g/mol. The Kier molecular flexibility index (Phi) is 4.97. The molecule has 0 atom stereocenters. The molecule has 1 aromatic carbocycles. The van der Waals surface area contributed by atoms with Gasteiger partial charge in [0.15, 0.2) is 5.82 Å². The molecular weight excluding hydrogens is 394 g/mol. The predicted molar refractivity (Wildman–Crippen MR) is 95.3 cm³/mol. The van der Waals surface area contributed by atoms with Gasteiger partial charge in [-0.3, -0.25) is 4.98 Å². The lowest BCUT2D eigenvalue weighted by Crippen LogP contribution is -2.06. The molecule has 0 bridgehead atoms. The number of pyridine rings is 1. The van der Waals surface area contributed by atoms with E-state index in [4.69, 9.17) is 16.7 Å². The number of imidazole rings is 1. The Bertz CT molecular complexity index is 878. The van der Waals surface area contributed by atoms with E-state index in [0.717, 1.165) is 16.6 Å². The van der Waals surface area contributed by atoms with Crippen LogP contribution in [0, 0.1) is 0 Å². The maximum absolute atomic E-state index is 11.1. The molecule has 5 nitrogen and oxygen atoms in total. The quantitative estimate of drug-likeness (QED) is 0.686. The molecule has 0 aliphatic rings. The molecule has 122 valence electrons. The van der Waals surface area contributed by atoms with Gasteiger partial charge in [0.1, 0.15) is 10.3 Å². The van der Waals surface area contributed by atoms with E-state index in [0.29, 0.717) is 23.1 Å². The Morgan fingerprint density at radius 1 is 1.21 bits per heavy atom. The summed E-state index contributed by atoms with van der Waals surface area (Å²) in [5, 5.41) is 9.84. The van der Waals surface area contributed by atoms with Crippen molar-refractivity contribution in [3.63, 3.8) is 0 Å². The van der Waals surface area contributed by atoms with Crippen LogP contribution >= 0.6 is 27.5 Å². The van der Waals surface area contributed by atoms with Crippen molar-refractivity contribution in [3.05, 3.63) is 69.5 Å². The SMILES string of the molecule is O=C(O)c1ccnc(-c2ncc(Br)n2CCc2ccc(Cl)cc2)c1. The number of nitrogens with zero attached hydrogens (tertiary/aromatic N) is 3. The lowest BCUT2D eigenvalue weighted by Gasteiger charge is -2.09. The first kappa shape index (κ1) is 16.7. The number of aromatic carboxylic acids is 1. The molecule has 0 unspecified atom stereocenters. The summed E-state index contributed by atoms with van der Waals surface area (Å²) >= 11 is 9.39. The van der Waals surface area contributed by atoms with Crippen molar-refractivity contribution in [1.82, 2.24) is 14.5 Å². The van der Waals surface area contributed by atoms with E-state index in [1.165, 1.54) is 18.3 Å². The molecule has 7 heteroatoms. The molecule has 0 amide bonds. The minimum Gasteiger partial charge on any atom is -0.478 e. The molecule has 0 fully saturated rings. The molecule has 2 aromatic heterocycles. The third kappa shape index (κ3) is 3.66. The smallest absolute Gasteiger partial charge is 0.335 e. The fourth-order valence-electron chi connectivity index (χ4n) is 2.35. The highest BCUT2D eigenvalue weighted by Gasteiger charge is 2.13. The average Bonchev–Trinajstić information content (AvgIpc) is 2.95. The van der Waals surface area contributed by atoms with Gasteiger partial charge in [0.05, 0.1) is 11.8 Å². The molecule has 0 saturated carbocycles. The van der Waals surface area contributed by atoms with Gasteiger partial charge in [-0.25, -0.2) is 9.78 Å². The molecule has 0 radical (unpaired) electrons. The number of rotatable bonds is 5. The summed E-state index contributed by atoms with van der Waals surface area (Å²) in [4.78, 5) is 19.7. The summed E-state index contributed by atoms with van der Waals surface area (Å²) in [5.41, 5.74) is 1.86. The van der Waals surface area contributed by atoms with Gasteiger partial charge >= 0.3 is 5.97 Å². The van der Waals surface area contributed by atoms with Gasteiger partial charge < -0.3 is 9.67 Å². The molecule has 3 rings (SSSR count). The Hall–Kier alpha value is -2.18. The van der Waals surface area contributed by atoms with E-state index in [1.807, 2.05) is 28.8 Å². The maximum atomic E-state index is 11.1. The molecule has 0 saturated heterocycles. The number of hydrogen-bond donors (Lipinski definition) is 1. The van der Waals surface area contributed by atoms with Crippen molar-refractivity contribution in [3.8, 4) is 11.5 Å². The summed E-state index contributed by atoms with van der Waals surface area (Å²) in [6.45, 7) is 0.677. The highest BCUT2D eigenvalue weighted by molar-refractivity contribution is 9.10. The van der Waals surface area contributed by atoms with Crippen molar-refractivity contribution in [1.29, 1.82) is 0 Å². The Labute approximate surface area is 152 Å². The largest absolute Gasteiger partial charge is 0.478 e. The van der Waals surface area contributed by atoms with Gasteiger partial charge in [-0.15, -0.1) is 0 Å². The fourth-order valence-corrected chi connectivity index (χ4v) is 2.92. The number of benzene rings is 1. The van der Waals surface area contributed by atoms with Crippen LogP contribution in [0.5, 0.6) is 0 Å². The molecular formula is C17H13BrClN3O2. The van der Waals surface area contributed by atoms with Crippen LogP contribution in [-0.4, -0.2) is 25.6 Å². The number of carbonyl (C=O) groups is 1. The average molecular weight is 407 g/mol. The lowest BCUT2D eigenvalue weighted by molar-refractivity contribution is 0.0697. The summed E-state index contributed by atoms with van der Waals surface area (Å²) in [5.74, 6) is -0.365. The van der Waals surface area contributed by atoms with Gasteiger partial charge in [0.2, 0.25) is 0 Å². The normalized spacial score (nSPS) is 10.8. The molecule has 24 heavy (non-hydrogen) atoms. The molecule has 0 spiro atoms. The van der Waals surface area contributed by atoms with Gasteiger partial charge in [0, 0.05) is 17.8 Å². The van der Waals surface area contributed by atoms with Crippen LogP contribution in [0.4, 0.5) is 0 Å². The van der Waals surface area contributed by atoms with Crippen LogP contribution in [0.15, 0.2) is 53.4 Å². The first-order chi connectivity index (χ1) is 11.5. The number of halogens is 2. The van der Waals surface area contributed by atoms with E-state index in [-0.39, 0.29) is 5.56 Å². The van der Waals surface area contributed by atoms with E-state index in [9.17, 15) is 4.79 Å². The van der Waals surface area contributed by atoms with E-state index in [2.05, 4.69) is 25.9 Å². The van der Waals surface area contributed by atoms with Crippen molar-refractivity contribution in [2.75, 3.05) is 0 Å².